The Balaban J connectivity index is 0.000000173. The van der Waals surface area contributed by atoms with Crippen molar-refractivity contribution in [1.82, 2.24) is 0 Å². The Morgan fingerprint density at radius 1 is 0.533 bits per heavy atom. The molecular weight excluding hydrogens is 996 g/mol. The van der Waals surface area contributed by atoms with Crippen LogP contribution in [0.4, 0.5) is 22.0 Å². The van der Waals surface area contributed by atoms with Crippen molar-refractivity contribution >= 4 is 17.9 Å². The van der Waals surface area contributed by atoms with Crippen LogP contribution in [0.1, 0.15) is 52.4 Å². The van der Waals surface area contributed by atoms with Crippen LogP contribution in [0.2, 0.25) is 0 Å². The van der Waals surface area contributed by atoms with E-state index < -0.39 is 30.3 Å². The van der Waals surface area contributed by atoms with E-state index in [1.165, 1.54) is 91.3 Å². The van der Waals surface area contributed by atoms with Crippen LogP contribution in [-0.4, -0.2) is 111 Å². The number of aliphatic hydroxyl groups excluding tert-OH is 1. The molecule has 0 amide bonds. The van der Waals surface area contributed by atoms with Crippen LogP contribution in [0.5, 0.6) is 28.7 Å². The number of phenolic OH excluding ortho intramolecular Hbond substituents is 1. The number of halogens is 5. The highest BCUT2D eigenvalue weighted by molar-refractivity contribution is 5.96. The highest BCUT2D eigenvalue weighted by Gasteiger charge is 2.41. The van der Waals surface area contributed by atoms with Crippen molar-refractivity contribution in [3.63, 3.8) is 0 Å². The van der Waals surface area contributed by atoms with Gasteiger partial charge in [-0.2, -0.15) is 0 Å². The molecule has 5 aromatic rings. The molecular formula is C55H61F5O15. The number of epoxide rings is 2. The van der Waals surface area contributed by atoms with Gasteiger partial charge in [-0.15, -0.1) is 0 Å². The molecule has 5 aromatic carbocycles. The molecule has 406 valence electrons. The van der Waals surface area contributed by atoms with Gasteiger partial charge in [-0.1, -0.05) is 6.92 Å². The molecule has 5 aliphatic rings. The Kier molecular flexibility index (Phi) is 24.9. The van der Waals surface area contributed by atoms with E-state index in [4.69, 9.17) is 57.6 Å². The van der Waals surface area contributed by atoms with E-state index in [0.29, 0.717) is 68.2 Å². The number of aliphatic hydroxyl groups is 1. The van der Waals surface area contributed by atoms with Gasteiger partial charge in [0.2, 0.25) is 0 Å². The zero-order valence-corrected chi connectivity index (χ0v) is 41.4. The molecule has 20 heteroatoms. The minimum Gasteiger partial charge on any atom is -0.508 e. The average molecular weight is 1060 g/mol. The van der Waals surface area contributed by atoms with Gasteiger partial charge in [0.15, 0.2) is 12.2 Å². The van der Waals surface area contributed by atoms with Crippen LogP contribution >= 0.6 is 0 Å². The van der Waals surface area contributed by atoms with Crippen molar-refractivity contribution in [2.24, 2.45) is 5.92 Å². The van der Waals surface area contributed by atoms with Crippen LogP contribution in [0.25, 0.3) is 0 Å². The molecule has 2 N–H and O–H groups in total. The molecule has 5 fully saturated rings. The second kappa shape index (κ2) is 31.7. The maximum Gasteiger partial charge on any atom is 0.320 e. The van der Waals surface area contributed by atoms with Crippen LogP contribution in [0, 0.1) is 35.0 Å². The predicted octanol–water partition coefficient (Wildman–Crippen LogP) is 9.24. The van der Waals surface area contributed by atoms with Gasteiger partial charge < -0.3 is 57.6 Å². The second-order valence-corrected chi connectivity index (χ2v) is 16.9. The summed E-state index contributed by atoms with van der Waals surface area (Å²) < 4.78 is 113. The van der Waals surface area contributed by atoms with Gasteiger partial charge in [-0.05, 0) is 148 Å². The molecule has 7 atom stereocenters. The summed E-state index contributed by atoms with van der Waals surface area (Å²) in [4.78, 5) is 33.8. The second-order valence-electron chi connectivity index (χ2n) is 16.9. The molecule has 5 heterocycles. The van der Waals surface area contributed by atoms with E-state index in [0.717, 1.165) is 19.6 Å². The minimum absolute atomic E-state index is 0.0648. The minimum atomic E-state index is -0.878. The average Bonchev–Trinajstić information content (AvgIpc) is 4.32. The number of hydrogen-bond donors (Lipinski definition) is 2. The zero-order valence-electron chi connectivity index (χ0n) is 41.4. The molecule has 0 aliphatic carbocycles. The smallest absolute Gasteiger partial charge is 0.320 e. The lowest BCUT2D eigenvalue weighted by Crippen LogP contribution is -2.21. The summed E-state index contributed by atoms with van der Waals surface area (Å²) in [5.41, 5.74) is 0. The van der Waals surface area contributed by atoms with Gasteiger partial charge in [0, 0.05) is 19.3 Å². The third kappa shape index (κ3) is 24.3. The molecule has 75 heavy (non-hydrogen) atoms. The molecule has 10 rings (SSSR count). The van der Waals surface area contributed by atoms with Crippen molar-refractivity contribution < 1.29 is 93.9 Å². The number of hydrogen-bond acceptors (Lipinski definition) is 15. The molecule has 15 nitrogen and oxygen atoms in total. The number of aromatic hydroxyl groups is 1. The van der Waals surface area contributed by atoms with Gasteiger partial charge in [-0.25, -0.2) is 22.0 Å². The van der Waals surface area contributed by atoms with Gasteiger partial charge >= 0.3 is 17.9 Å². The van der Waals surface area contributed by atoms with E-state index in [2.05, 4.69) is 6.92 Å². The molecule has 5 saturated heterocycles. The monoisotopic (exact) mass is 1060 g/mol. The number of ether oxygens (including phenoxy) is 10. The first-order valence-corrected chi connectivity index (χ1v) is 24.3. The predicted molar refractivity (Wildman–Crippen MR) is 259 cm³/mol. The summed E-state index contributed by atoms with van der Waals surface area (Å²) >= 11 is 0. The number of rotatable bonds is 15. The number of carbonyl (C=O) groups is 3. The molecule has 5 aliphatic heterocycles. The summed E-state index contributed by atoms with van der Waals surface area (Å²) in [7, 11) is 0. The highest BCUT2D eigenvalue weighted by Crippen LogP contribution is 2.25. The number of cyclic esters (lactones) is 2. The maximum absolute atomic E-state index is 12.7. The normalized spacial score (nSPS) is 21.4. The Morgan fingerprint density at radius 3 is 1.27 bits per heavy atom. The molecule has 0 aromatic heterocycles. The van der Waals surface area contributed by atoms with E-state index in [1.807, 2.05) is 0 Å². The lowest BCUT2D eigenvalue weighted by atomic mass is 10.1. The summed E-state index contributed by atoms with van der Waals surface area (Å²) in [5.74, 6) is -1.28. The van der Waals surface area contributed by atoms with Crippen LogP contribution < -0.4 is 18.9 Å². The largest absolute Gasteiger partial charge is 0.508 e. The summed E-state index contributed by atoms with van der Waals surface area (Å²) in [6.07, 6.45) is 3.52. The molecule has 2 unspecified atom stereocenters. The Morgan fingerprint density at radius 2 is 0.933 bits per heavy atom. The van der Waals surface area contributed by atoms with Crippen LogP contribution in [0.3, 0.4) is 0 Å². The highest BCUT2D eigenvalue weighted by atomic mass is 19.1. The third-order valence-corrected chi connectivity index (χ3v) is 10.8. The topological polar surface area (TPSA) is 191 Å². The summed E-state index contributed by atoms with van der Waals surface area (Å²) in [5, 5.41) is 17.7. The number of esters is 3. The van der Waals surface area contributed by atoms with E-state index in [1.54, 1.807) is 43.3 Å². The number of phenols is 1. The summed E-state index contributed by atoms with van der Waals surface area (Å²) in [6, 6.07) is 28.1. The van der Waals surface area contributed by atoms with E-state index in [-0.39, 0.29) is 78.8 Å². The van der Waals surface area contributed by atoms with Crippen molar-refractivity contribution in [2.45, 2.75) is 89.2 Å². The molecule has 0 radical (unpaired) electrons. The van der Waals surface area contributed by atoms with Gasteiger partial charge in [0.1, 0.15) is 103 Å². The number of benzene rings is 5. The first-order chi connectivity index (χ1) is 36.1. The third-order valence-electron chi connectivity index (χ3n) is 10.8. The first kappa shape index (κ1) is 58.9. The van der Waals surface area contributed by atoms with Crippen molar-refractivity contribution in [3.05, 3.63) is 150 Å². The van der Waals surface area contributed by atoms with Crippen molar-refractivity contribution in [1.29, 1.82) is 0 Å². The molecule has 0 bridgehead atoms. The van der Waals surface area contributed by atoms with Gasteiger partial charge in [-0.3, -0.25) is 14.4 Å². The first-order valence-electron chi connectivity index (χ1n) is 24.3. The Labute approximate surface area is 431 Å². The molecule has 0 saturated carbocycles. The van der Waals surface area contributed by atoms with Crippen LogP contribution in [-0.2, 0) is 42.8 Å². The lowest BCUT2D eigenvalue weighted by Gasteiger charge is -2.11. The lowest BCUT2D eigenvalue weighted by molar-refractivity contribution is -0.156. The number of carbonyl (C=O) groups excluding carboxylic acids is 3. The fourth-order valence-electron chi connectivity index (χ4n) is 6.49. The van der Waals surface area contributed by atoms with Crippen molar-refractivity contribution in [2.75, 3.05) is 46.2 Å². The Bertz CT molecular complexity index is 2400. The van der Waals surface area contributed by atoms with Gasteiger partial charge in [0.05, 0.1) is 32.0 Å². The van der Waals surface area contributed by atoms with Gasteiger partial charge in [0.25, 0.3) is 0 Å². The zero-order chi connectivity index (χ0) is 54.0. The van der Waals surface area contributed by atoms with Crippen molar-refractivity contribution in [3.8, 4) is 28.7 Å². The van der Waals surface area contributed by atoms with Crippen LogP contribution in [0.15, 0.2) is 121 Å². The summed E-state index contributed by atoms with van der Waals surface area (Å²) in [6.45, 7) is 7.22. The molecule has 0 spiro atoms. The Hall–Kier alpha value is -7.00. The standard InChI is InChI=1S/C14H15FO5.C11H13FO3.C11H11FO3.C9H9FO2.C6H5FO.C4H8O/c1-2-18-13(16)12-7-11(20-14(12)17)8-19-10-5-3-9(15)4-6-10;2*12-8-1-3-9(4-2-8)14-7-10-5-6-11(13)15-10;10-7-1-3-8(4-2-7)11-5-9-6-12-9;7-5-1-3-6(8)4-2-5;1-2-4-3-5-4/h3-6,11-12H,2,7-8H2,1H3;1-4,10-11,13H,5-7H2;1-4,10H,5-7H2;1-4,9H,5-6H2;1-4,8H;4H,2-3H2,1H3/t11-,12?;10-,11?;10-;9-;;4-/m0001.1/s1. The van der Waals surface area contributed by atoms with E-state index >= 15 is 0 Å². The maximum atomic E-state index is 12.7. The van der Waals surface area contributed by atoms with E-state index in [9.17, 15) is 36.3 Å². The fraction of sp³-hybridized carbons (Fsp3) is 0.400. The fourth-order valence-corrected chi connectivity index (χ4v) is 6.49. The SMILES string of the molecule is CCOC(=O)C1C[C@@H](COc2ccc(F)cc2)OC1=O.CC[C@@H]1CO1.Fc1ccc(OC[C@@H]2CO2)cc1.O=C1CC[C@@H](COc2ccc(F)cc2)O1.OC1CC[C@@H](COc2ccc(F)cc2)O1.Oc1ccc(F)cc1. The quantitative estimate of drug-likeness (QED) is 0.0331.